The Kier molecular flexibility index (Phi) is 3.23. The van der Waals surface area contributed by atoms with Gasteiger partial charge in [0.05, 0.1) is 0 Å². The van der Waals surface area contributed by atoms with Gasteiger partial charge in [0.1, 0.15) is 6.29 Å². The quantitative estimate of drug-likeness (QED) is 0.506. The van der Waals surface area contributed by atoms with Crippen molar-refractivity contribution in [2.75, 3.05) is 0 Å². The van der Waals surface area contributed by atoms with Crippen LogP contribution in [0.25, 0.3) is 0 Å². The van der Waals surface area contributed by atoms with Gasteiger partial charge in [0.2, 0.25) is 0 Å². The van der Waals surface area contributed by atoms with Crippen LogP contribution in [0.15, 0.2) is 12.2 Å². The Morgan fingerprint density at radius 1 is 1.56 bits per heavy atom. The van der Waals surface area contributed by atoms with Crippen molar-refractivity contribution in [2.45, 2.75) is 52.4 Å². The smallest absolute Gasteiger partial charge is 0.122 e. The van der Waals surface area contributed by atoms with E-state index < -0.39 is 0 Å². The maximum absolute atomic E-state index is 10.6. The molecule has 0 aromatic carbocycles. The van der Waals surface area contributed by atoms with Crippen LogP contribution in [0.2, 0.25) is 0 Å². The molecule has 0 spiro atoms. The Morgan fingerprint density at radius 3 is 2.88 bits per heavy atom. The predicted octanol–water partition coefficient (Wildman–Crippen LogP) is 3.98. The molecule has 16 heavy (non-hydrogen) atoms. The van der Waals surface area contributed by atoms with Crippen molar-refractivity contribution >= 4 is 6.29 Å². The van der Waals surface area contributed by atoms with Crippen LogP contribution in [0, 0.1) is 23.2 Å². The normalized spacial score (nSPS) is 39.0. The van der Waals surface area contributed by atoms with E-state index in [4.69, 9.17) is 0 Å². The van der Waals surface area contributed by atoms with Gasteiger partial charge in [-0.05, 0) is 49.4 Å². The molecule has 0 aromatic rings. The van der Waals surface area contributed by atoms with Gasteiger partial charge >= 0.3 is 0 Å². The van der Waals surface area contributed by atoms with E-state index in [0.29, 0.717) is 5.41 Å². The van der Waals surface area contributed by atoms with Crippen molar-refractivity contribution < 1.29 is 4.79 Å². The number of hydrogen-bond acceptors (Lipinski definition) is 1. The van der Waals surface area contributed by atoms with Gasteiger partial charge in [0.25, 0.3) is 0 Å². The minimum atomic E-state index is 0.232. The summed E-state index contributed by atoms with van der Waals surface area (Å²) in [6, 6.07) is 0. The van der Waals surface area contributed by atoms with Crippen molar-refractivity contribution in [1.82, 2.24) is 0 Å². The maximum atomic E-state index is 10.6. The molecule has 1 nitrogen and oxygen atoms in total. The summed E-state index contributed by atoms with van der Waals surface area (Å²) >= 11 is 0. The van der Waals surface area contributed by atoms with Crippen molar-refractivity contribution in [2.24, 2.45) is 23.2 Å². The summed E-state index contributed by atoms with van der Waals surface area (Å²) in [5.41, 5.74) is 1.91. The molecule has 0 saturated heterocycles. The van der Waals surface area contributed by atoms with E-state index in [9.17, 15) is 4.79 Å². The van der Waals surface area contributed by atoms with Gasteiger partial charge < -0.3 is 4.79 Å². The van der Waals surface area contributed by atoms with Crippen LogP contribution < -0.4 is 0 Å². The largest absolute Gasteiger partial charge is 0.303 e. The standard InChI is InChI=1S/C15H24O/c1-11(10-16)5-4-8-15(3)12(2)13-6-7-14(15)9-13/h10-11,13-14H,2,4-9H2,1,3H3. The molecule has 0 N–H and O–H groups in total. The lowest BCUT2D eigenvalue weighted by molar-refractivity contribution is -0.110. The third kappa shape index (κ3) is 1.85. The molecule has 0 aliphatic heterocycles. The van der Waals surface area contributed by atoms with E-state index in [1.807, 2.05) is 6.92 Å². The monoisotopic (exact) mass is 220 g/mol. The summed E-state index contributed by atoms with van der Waals surface area (Å²) in [4.78, 5) is 10.6. The van der Waals surface area contributed by atoms with Gasteiger partial charge in [-0.15, -0.1) is 0 Å². The fourth-order valence-corrected chi connectivity index (χ4v) is 3.83. The first kappa shape index (κ1) is 11.9. The molecular formula is C15H24O. The van der Waals surface area contributed by atoms with Crippen LogP contribution in [0.4, 0.5) is 0 Å². The number of carbonyl (C=O) groups excluding carboxylic acids is 1. The molecule has 2 aliphatic rings. The SMILES string of the molecule is C=C1C2CCC(C2)C1(C)CCCC(C)C=O. The Labute approximate surface area is 99.3 Å². The molecule has 90 valence electrons. The Morgan fingerprint density at radius 2 is 2.31 bits per heavy atom. The average molecular weight is 220 g/mol. The minimum Gasteiger partial charge on any atom is -0.303 e. The molecular weight excluding hydrogens is 196 g/mol. The zero-order chi connectivity index (χ0) is 11.8. The zero-order valence-corrected chi connectivity index (χ0v) is 10.7. The summed E-state index contributed by atoms with van der Waals surface area (Å²) < 4.78 is 0. The first-order valence-electron chi connectivity index (χ1n) is 6.72. The second kappa shape index (κ2) is 4.35. The third-order valence-corrected chi connectivity index (χ3v) is 5.15. The summed E-state index contributed by atoms with van der Waals surface area (Å²) in [5.74, 6) is 1.94. The van der Waals surface area contributed by atoms with Crippen LogP contribution in [-0.4, -0.2) is 6.29 Å². The Balaban J connectivity index is 1.89. The number of hydrogen-bond donors (Lipinski definition) is 0. The van der Waals surface area contributed by atoms with E-state index in [2.05, 4.69) is 13.5 Å². The molecule has 0 heterocycles. The van der Waals surface area contributed by atoms with Gasteiger partial charge in [0.15, 0.2) is 0 Å². The van der Waals surface area contributed by atoms with Gasteiger partial charge in [0, 0.05) is 5.92 Å². The zero-order valence-electron chi connectivity index (χ0n) is 10.7. The first-order valence-corrected chi connectivity index (χ1v) is 6.72. The molecule has 0 amide bonds. The molecule has 0 radical (unpaired) electrons. The van der Waals surface area contributed by atoms with E-state index in [1.165, 1.54) is 37.7 Å². The van der Waals surface area contributed by atoms with Gasteiger partial charge in [-0.3, -0.25) is 0 Å². The minimum absolute atomic E-state index is 0.232. The van der Waals surface area contributed by atoms with Crippen molar-refractivity contribution in [3.63, 3.8) is 0 Å². The first-order chi connectivity index (χ1) is 7.58. The van der Waals surface area contributed by atoms with Crippen molar-refractivity contribution in [3.8, 4) is 0 Å². The van der Waals surface area contributed by atoms with Crippen LogP contribution >= 0.6 is 0 Å². The maximum Gasteiger partial charge on any atom is 0.122 e. The van der Waals surface area contributed by atoms with Crippen LogP contribution in [0.3, 0.4) is 0 Å². The summed E-state index contributed by atoms with van der Waals surface area (Å²) in [6.07, 6.45) is 8.72. The molecule has 2 bridgehead atoms. The fraction of sp³-hybridized carbons (Fsp3) is 0.800. The fourth-order valence-electron chi connectivity index (χ4n) is 3.83. The van der Waals surface area contributed by atoms with Crippen LogP contribution in [-0.2, 0) is 4.79 Å². The second-order valence-electron chi connectivity index (χ2n) is 6.16. The number of carbonyl (C=O) groups is 1. The topological polar surface area (TPSA) is 17.1 Å². The number of allylic oxidation sites excluding steroid dienone is 1. The molecule has 4 atom stereocenters. The lowest BCUT2D eigenvalue weighted by atomic mass is 9.68. The van der Waals surface area contributed by atoms with Crippen molar-refractivity contribution in [3.05, 3.63) is 12.2 Å². The molecule has 2 fully saturated rings. The van der Waals surface area contributed by atoms with Gasteiger partial charge in [-0.25, -0.2) is 0 Å². The Bertz CT molecular complexity index is 294. The highest BCUT2D eigenvalue weighted by Crippen LogP contribution is 2.60. The van der Waals surface area contributed by atoms with Gasteiger partial charge in [-0.1, -0.05) is 32.4 Å². The van der Waals surface area contributed by atoms with Crippen LogP contribution in [0.5, 0.6) is 0 Å². The summed E-state index contributed by atoms with van der Waals surface area (Å²) in [5, 5.41) is 0. The van der Waals surface area contributed by atoms with E-state index in [1.54, 1.807) is 0 Å². The molecule has 2 saturated carbocycles. The lowest BCUT2D eigenvalue weighted by Crippen LogP contribution is -2.26. The third-order valence-electron chi connectivity index (χ3n) is 5.15. The molecule has 1 heteroatoms. The highest BCUT2D eigenvalue weighted by Gasteiger charge is 2.49. The summed E-state index contributed by atoms with van der Waals surface area (Å²) in [6.45, 7) is 8.76. The predicted molar refractivity (Wildman–Crippen MR) is 67.2 cm³/mol. The Hall–Kier alpha value is -0.590. The highest BCUT2D eigenvalue weighted by atomic mass is 16.1. The molecule has 2 aliphatic carbocycles. The lowest BCUT2D eigenvalue weighted by Gasteiger charge is -2.36. The number of fused-ring (bicyclic) bond motifs is 2. The van der Waals surface area contributed by atoms with E-state index in [0.717, 1.165) is 24.5 Å². The van der Waals surface area contributed by atoms with E-state index >= 15 is 0 Å². The average Bonchev–Trinajstić information content (AvgIpc) is 2.83. The van der Waals surface area contributed by atoms with E-state index in [-0.39, 0.29) is 5.92 Å². The molecule has 2 rings (SSSR count). The molecule has 4 unspecified atom stereocenters. The number of rotatable bonds is 5. The highest BCUT2D eigenvalue weighted by molar-refractivity contribution is 5.52. The second-order valence-corrected chi connectivity index (χ2v) is 6.16. The van der Waals surface area contributed by atoms with Crippen molar-refractivity contribution in [1.29, 1.82) is 0 Å². The molecule has 0 aromatic heterocycles. The summed E-state index contributed by atoms with van der Waals surface area (Å²) in [7, 11) is 0. The van der Waals surface area contributed by atoms with Gasteiger partial charge in [-0.2, -0.15) is 0 Å². The van der Waals surface area contributed by atoms with Crippen LogP contribution in [0.1, 0.15) is 52.4 Å². The number of aldehydes is 1.